The van der Waals surface area contributed by atoms with E-state index in [4.69, 9.17) is 9.47 Å². The third kappa shape index (κ3) is 2.29. The second-order valence-corrected chi connectivity index (χ2v) is 3.25. The smallest absolute Gasteiger partial charge is 0.297 e. The van der Waals surface area contributed by atoms with Crippen molar-refractivity contribution in [1.29, 1.82) is 0 Å². The van der Waals surface area contributed by atoms with Crippen LogP contribution in [-0.4, -0.2) is 17.1 Å². The van der Waals surface area contributed by atoms with Crippen molar-refractivity contribution in [3.05, 3.63) is 46.5 Å². The minimum atomic E-state index is -0.904. The van der Waals surface area contributed by atoms with Gasteiger partial charge >= 0.3 is 0 Å². The lowest BCUT2D eigenvalue weighted by Gasteiger charge is -2.08. The predicted molar refractivity (Wildman–Crippen MR) is 57.8 cm³/mol. The normalized spacial score (nSPS) is 10.2. The Labute approximate surface area is 100 Å². The number of nitrogens with zero attached hydrogens (tertiary/aromatic N) is 1. The van der Waals surface area contributed by atoms with Crippen LogP contribution in [0.1, 0.15) is 0 Å². The van der Waals surface area contributed by atoms with Gasteiger partial charge in [0.25, 0.3) is 11.4 Å². The first kappa shape index (κ1) is 12.0. The maximum Gasteiger partial charge on any atom is 0.297 e. The summed E-state index contributed by atoms with van der Waals surface area (Å²) in [5.74, 6) is -2.29. The number of hydrogen-bond acceptors (Lipinski definition) is 4. The van der Waals surface area contributed by atoms with Crippen molar-refractivity contribution in [3.63, 3.8) is 0 Å². The molecule has 0 aliphatic heterocycles. The molecule has 0 amide bonds. The first-order valence-corrected chi connectivity index (χ1v) is 4.86. The zero-order chi connectivity index (χ0) is 13.1. The van der Waals surface area contributed by atoms with E-state index in [1.54, 1.807) is 0 Å². The maximum atomic E-state index is 13.4. The first-order valence-electron chi connectivity index (χ1n) is 4.86. The average molecular weight is 254 g/mol. The largest absolute Gasteiger partial charge is 0.487 e. The summed E-state index contributed by atoms with van der Waals surface area (Å²) < 4.78 is 35.9. The molecule has 5 nitrogen and oxygen atoms in total. The molecule has 0 aliphatic rings. The summed E-state index contributed by atoms with van der Waals surface area (Å²) in [6.45, 7) is 0. The summed E-state index contributed by atoms with van der Waals surface area (Å²) in [6.07, 6.45) is 1.08. The van der Waals surface area contributed by atoms with E-state index < -0.39 is 17.2 Å². The van der Waals surface area contributed by atoms with Gasteiger partial charge in [0.2, 0.25) is 5.75 Å². The van der Waals surface area contributed by atoms with Crippen molar-refractivity contribution >= 4 is 0 Å². The van der Waals surface area contributed by atoms with Gasteiger partial charge in [0.1, 0.15) is 5.82 Å². The fraction of sp³-hybridized carbons (Fsp3) is 0.0909. The number of hydrogen-bond donors (Lipinski definition) is 1. The number of methoxy groups -OCH3 is 1. The minimum Gasteiger partial charge on any atom is -0.487 e. The van der Waals surface area contributed by atoms with E-state index in [1.807, 2.05) is 0 Å². The number of halogens is 2. The van der Waals surface area contributed by atoms with Crippen LogP contribution in [0.4, 0.5) is 8.78 Å². The molecule has 0 radical (unpaired) electrons. The van der Waals surface area contributed by atoms with Crippen molar-refractivity contribution in [2.24, 2.45) is 0 Å². The topological polar surface area (TPSA) is 64.2 Å². The molecular weight excluding hydrogens is 246 g/mol. The molecule has 1 aromatic heterocycles. The Morgan fingerprint density at radius 3 is 2.78 bits per heavy atom. The van der Waals surface area contributed by atoms with Crippen LogP contribution in [0, 0.1) is 11.6 Å². The van der Waals surface area contributed by atoms with E-state index in [2.05, 4.69) is 9.97 Å². The molecule has 0 spiro atoms. The fourth-order valence-electron chi connectivity index (χ4n) is 1.29. The third-order valence-electron chi connectivity index (χ3n) is 2.08. The van der Waals surface area contributed by atoms with E-state index in [0.29, 0.717) is 6.07 Å². The van der Waals surface area contributed by atoms with E-state index in [9.17, 15) is 13.6 Å². The Morgan fingerprint density at radius 1 is 1.33 bits per heavy atom. The van der Waals surface area contributed by atoms with Gasteiger partial charge in [0, 0.05) is 6.07 Å². The Bertz CT molecular complexity index is 628. The van der Waals surface area contributed by atoms with Gasteiger partial charge < -0.3 is 14.5 Å². The highest BCUT2D eigenvalue weighted by Crippen LogP contribution is 2.27. The van der Waals surface area contributed by atoms with Crippen molar-refractivity contribution < 1.29 is 18.3 Å². The SMILES string of the molecule is COc1c(Oc2ccc(F)cc2F)nc[nH]c1=O. The molecule has 1 N–H and O–H groups in total. The van der Waals surface area contributed by atoms with Crippen LogP contribution < -0.4 is 15.0 Å². The highest BCUT2D eigenvalue weighted by molar-refractivity contribution is 5.35. The number of rotatable bonds is 3. The van der Waals surface area contributed by atoms with E-state index in [-0.39, 0.29) is 17.4 Å². The van der Waals surface area contributed by atoms with Crippen molar-refractivity contribution in [1.82, 2.24) is 9.97 Å². The van der Waals surface area contributed by atoms with Crippen LogP contribution in [0.15, 0.2) is 29.3 Å². The van der Waals surface area contributed by atoms with Gasteiger partial charge in [0.15, 0.2) is 11.6 Å². The summed E-state index contributed by atoms with van der Waals surface area (Å²) in [7, 11) is 1.25. The van der Waals surface area contributed by atoms with Crippen LogP contribution in [-0.2, 0) is 0 Å². The number of H-pyrrole nitrogens is 1. The van der Waals surface area contributed by atoms with Crippen LogP contribution >= 0.6 is 0 Å². The van der Waals surface area contributed by atoms with Gasteiger partial charge in [-0.15, -0.1) is 0 Å². The quantitative estimate of drug-likeness (QED) is 0.907. The van der Waals surface area contributed by atoms with Crippen molar-refractivity contribution in [3.8, 4) is 17.4 Å². The molecule has 94 valence electrons. The first-order chi connectivity index (χ1) is 8.61. The molecule has 1 aromatic carbocycles. The van der Waals surface area contributed by atoms with Gasteiger partial charge in [-0.2, -0.15) is 0 Å². The molecular formula is C11H8F2N2O3. The Hall–Kier alpha value is -2.44. The molecule has 1 heterocycles. The number of ether oxygens (including phenoxy) is 2. The second-order valence-electron chi connectivity index (χ2n) is 3.25. The van der Waals surface area contributed by atoms with Crippen LogP contribution in [0.3, 0.4) is 0 Å². The summed E-state index contributed by atoms with van der Waals surface area (Å²) >= 11 is 0. The molecule has 0 saturated carbocycles. The van der Waals surface area contributed by atoms with E-state index in [0.717, 1.165) is 18.5 Å². The van der Waals surface area contributed by atoms with Crippen molar-refractivity contribution in [2.75, 3.05) is 7.11 Å². The molecule has 0 unspecified atom stereocenters. The molecule has 0 fully saturated rings. The number of nitrogens with one attached hydrogen (secondary N) is 1. The molecule has 0 bridgehead atoms. The number of benzene rings is 1. The van der Waals surface area contributed by atoms with E-state index >= 15 is 0 Å². The molecule has 2 aromatic rings. The minimum absolute atomic E-state index is 0.193. The maximum absolute atomic E-state index is 13.4. The summed E-state index contributed by atoms with van der Waals surface area (Å²) in [5.41, 5.74) is -0.565. The monoisotopic (exact) mass is 254 g/mol. The standard InChI is InChI=1S/C11H8F2N2O3/c1-17-9-10(16)14-5-15-11(9)18-8-3-2-6(12)4-7(8)13/h2-5H,1H3,(H,14,15,16). The Balaban J connectivity index is 2.40. The number of aromatic amines is 1. The molecule has 0 atom stereocenters. The molecule has 0 aliphatic carbocycles. The molecule has 7 heteroatoms. The van der Waals surface area contributed by atoms with Crippen LogP contribution in [0.5, 0.6) is 17.4 Å². The summed E-state index contributed by atoms with van der Waals surface area (Å²) in [4.78, 5) is 17.3. The number of aromatic nitrogens is 2. The van der Waals surface area contributed by atoms with E-state index in [1.165, 1.54) is 7.11 Å². The van der Waals surface area contributed by atoms with Crippen LogP contribution in [0.25, 0.3) is 0 Å². The second kappa shape index (κ2) is 4.82. The fourth-order valence-corrected chi connectivity index (χ4v) is 1.29. The lowest BCUT2D eigenvalue weighted by atomic mass is 10.3. The molecule has 0 saturated heterocycles. The Morgan fingerprint density at radius 2 is 2.11 bits per heavy atom. The predicted octanol–water partition coefficient (Wildman–Crippen LogP) is 1.85. The van der Waals surface area contributed by atoms with Gasteiger partial charge in [-0.1, -0.05) is 0 Å². The molecule has 18 heavy (non-hydrogen) atoms. The average Bonchev–Trinajstić information content (AvgIpc) is 2.33. The third-order valence-corrected chi connectivity index (χ3v) is 2.08. The summed E-state index contributed by atoms with van der Waals surface area (Å²) in [6, 6.07) is 2.78. The summed E-state index contributed by atoms with van der Waals surface area (Å²) in [5, 5.41) is 0. The lowest BCUT2D eigenvalue weighted by molar-refractivity contribution is 0.354. The van der Waals surface area contributed by atoms with Gasteiger partial charge in [-0.3, -0.25) is 4.79 Å². The van der Waals surface area contributed by atoms with Crippen LogP contribution in [0.2, 0.25) is 0 Å². The Kier molecular flexibility index (Phi) is 3.22. The van der Waals surface area contributed by atoms with Crippen molar-refractivity contribution in [2.45, 2.75) is 0 Å². The van der Waals surface area contributed by atoms with Gasteiger partial charge in [0.05, 0.1) is 13.4 Å². The molecule has 2 rings (SSSR count). The van der Waals surface area contributed by atoms with Gasteiger partial charge in [-0.05, 0) is 12.1 Å². The van der Waals surface area contributed by atoms with Gasteiger partial charge in [-0.25, -0.2) is 13.8 Å². The zero-order valence-corrected chi connectivity index (χ0v) is 9.24. The highest BCUT2D eigenvalue weighted by Gasteiger charge is 2.14. The highest BCUT2D eigenvalue weighted by atomic mass is 19.1. The zero-order valence-electron chi connectivity index (χ0n) is 9.24. The lowest BCUT2D eigenvalue weighted by Crippen LogP contribution is -2.11.